The maximum atomic E-state index is 13.8. The van der Waals surface area contributed by atoms with Crippen molar-refractivity contribution in [1.82, 2.24) is 4.98 Å². The lowest BCUT2D eigenvalue weighted by Gasteiger charge is -2.08. The van der Waals surface area contributed by atoms with E-state index in [1.165, 1.54) is 6.07 Å². The second kappa shape index (κ2) is 6.93. The highest BCUT2D eigenvalue weighted by Gasteiger charge is 2.07. The minimum Gasteiger partial charge on any atom is -0.261 e. The number of hydrogen-bond acceptors (Lipinski definition) is 1. The van der Waals surface area contributed by atoms with E-state index < -0.39 is 0 Å². The van der Waals surface area contributed by atoms with Gasteiger partial charge in [-0.05, 0) is 53.8 Å². The van der Waals surface area contributed by atoms with Gasteiger partial charge in [0.15, 0.2) is 0 Å². The van der Waals surface area contributed by atoms with E-state index in [1.54, 1.807) is 18.3 Å². The van der Waals surface area contributed by atoms with Gasteiger partial charge in [0, 0.05) is 23.3 Å². The van der Waals surface area contributed by atoms with E-state index in [1.807, 2.05) is 43.3 Å². The first-order valence-electron chi connectivity index (χ1n) is 7.54. The molecule has 3 rings (SSSR count). The molecule has 23 heavy (non-hydrogen) atoms. The summed E-state index contributed by atoms with van der Waals surface area (Å²) < 4.78 is 13.8. The molecule has 0 fully saturated rings. The average molecular weight is 326 g/mol. The monoisotopic (exact) mass is 325 g/mol. The van der Waals surface area contributed by atoms with Crippen LogP contribution in [0.4, 0.5) is 4.39 Å². The minimum atomic E-state index is -0.193. The third-order valence-corrected chi connectivity index (χ3v) is 4.42. The van der Waals surface area contributed by atoms with Crippen molar-refractivity contribution in [3.63, 3.8) is 0 Å². The highest BCUT2D eigenvalue weighted by molar-refractivity contribution is 6.32. The second-order valence-corrected chi connectivity index (χ2v) is 6.03. The van der Waals surface area contributed by atoms with Gasteiger partial charge in [0.05, 0.1) is 0 Å². The van der Waals surface area contributed by atoms with Gasteiger partial charge in [-0.15, -0.1) is 0 Å². The summed E-state index contributed by atoms with van der Waals surface area (Å²) in [5, 5.41) is 0.806. The maximum Gasteiger partial charge on any atom is 0.126 e. The summed E-state index contributed by atoms with van der Waals surface area (Å²) >= 11 is 6.37. The van der Waals surface area contributed by atoms with Crippen LogP contribution in [0, 0.1) is 12.7 Å². The lowest BCUT2D eigenvalue weighted by Crippen LogP contribution is -1.98. The summed E-state index contributed by atoms with van der Waals surface area (Å²) in [6.07, 6.45) is 3.00. The molecule has 0 unspecified atom stereocenters. The van der Waals surface area contributed by atoms with Crippen LogP contribution in [0.15, 0.2) is 60.8 Å². The Bertz CT molecular complexity index is 829. The molecule has 1 heterocycles. The molecule has 0 radical (unpaired) electrons. The molecule has 0 aliphatic carbocycles. The summed E-state index contributed by atoms with van der Waals surface area (Å²) in [4.78, 5) is 4.36. The van der Waals surface area contributed by atoms with Gasteiger partial charge in [-0.3, -0.25) is 4.98 Å². The van der Waals surface area contributed by atoms with Crippen LogP contribution in [0.2, 0.25) is 5.02 Å². The molecule has 0 aliphatic heterocycles. The number of benzene rings is 2. The van der Waals surface area contributed by atoms with Crippen LogP contribution in [0.5, 0.6) is 0 Å². The first-order chi connectivity index (χ1) is 11.1. The first kappa shape index (κ1) is 15.7. The molecule has 0 N–H and O–H groups in total. The standard InChI is InChI=1S/C20H17ClFN/c1-14-5-4-7-17(20(14)21)11-15-9-10-23-18(12-15)13-16-6-2-3-8-19(16)22/h2-10,12H,11,13H2,1H3. The van der Waals surface area contributed by atoms with Gasteiger partial charge in [-0.25, -0.2) is 4.39 Å². The zero-order valence-corrected chi connectivity index (χ0v) is 13.6. The lowest BCUT2D eigenvalue weighted by atomic mass is 10.0. The fraction of sp³-hybridized carbons (Fsp3) is 0.150. The quantitative estimate of drug-likeness (QED) is 0.629. The fourth-order valence-corrected chi connectivity index (χ4v) is 2.83. The molecule has 116 valence electrons. The Morgan fingerprint density at radius 2 is 1.74 bits per heavy atom. The lowest BCUT2D eigenvalue weighted by molar-refractivity contribution is 0.613. The maximum absolute atomic E-state index is 13.8. The smallest absolute Gasteiger partial charge is 0.126 e. The van der Waals surface area contributed by atoms with Crippen LogP contribution in [0.3, 0.4) is 0 Å². The molecule has 0 saturated carbocycles. The second-order valence-electron chi connectivity index (χ2n) is 5.65. The fourth-order valence-electron chi connectivity index (χ4n) is 2.64. The summed E-state index contributed by atoms with van der Waals surface area (Å²) in [6, 6.07) is 16.9. The Hall–Kier alpha value is -2.19. The molecule has 0 aliphatic rings. The highest BCUT2D eigenvalue weighted by Crippen LogP contribution is 2.23. The molecule has 3 heteroatoms. The van der Waals surface area contributed by atoms with Gasteiger partial charge in [-0.1, -0.05) is 48.0 Å². The number of aryl methyl sites for hydroxylation is 1. The third kappa shape index (κ3) is 3.77. The number of rotatable bonds is 4. The van der Waals surface area contributed by atoms with E-state index in [0.717, 1.165) is 33.8 Å². The van der Waals surface area contributed by atoms with Crippen molar-refractivity contribution in [2.45, 2.75) is 19.8 Å². The van der Waals surface area contributed by atoms with Crippen molar-refractivity contribution < 1.29 is 4.39 Å². The van der Waals surface area contributed by atoms with Gasteiger partial charge in [-0.2, -0.15) is 0 Å². The van der Waals surface area contributed by atoms with Gasteiger partial charge in [0.1, 0.15) is 5.82 Å². The Morgan fingerprint density at radius 1 is 0.957 bits per heavy atom. The van der Waals surface area contributed by atoms with Crippen molar-refractivity contribution in [3.05, 3.63) is 99.6 Å². The molecule has 2 aromatic carbocycles. The normalized spacial score (nSPS) is 10.7. The van der Waals surface area contributed by atoms with Crippen molar-refractivity contribution in [3.8, 4) is 0 Å². The topological polar surface area (TPSA) is 12.9 Å². The number of nitrogens with zero attached hydrogens (tertiary/aromatic N) is 1. The van der Waals surface area contributed by atoms with Gasteiger partial charge >= 0.3 is 0 Å². The molecule has 0 atom stereocenters. The summed E-state index contributed by atoms with van der Waals surface area (Å²) in [5.41, 5.74) is 4.81. The predicted molar refractivity (Wildman–Crippen MR) is 92.4 cm³/mol. The Balaban J connectivity index is 1.83. The van der Waals surface area contributed by atoms with Crippen molar-refractivity contribution >= 4 is 11.6 Å². The van der Waals surface area contributed by atoms with Crippen molar-refractivity contribution in [1.29, 1.82) is 0 Å². The molecule has 0 bridgehead atoms. The van der Waals surface area contributed by atoms with Crippen molar-refractivity contribution in [2.75, 3.05) is 0 Å². The van der Waals surface area contributed by atoms with Crippen LogP contribution in [0.25, 0.3) is 0 Å². The van der Waals surface area contributed by atoms with Crippen molar-refractivity contribution in [2.24, 2.45) is 0 Å². The van der Waals surface area contributed by atoms with E-state index in [-0.39, 0.29) is 5.82 Å². The van der Waals surface area contributed by atoms with Crippen LogP contribution >= 0.6 is 11.6 Å². The first-order valence-corrected chi connectivity index (χ1v) is 7.92. The zero-order chi connectivity index (χ0) is 16.2. The van der Waals surface area contributed by atoms with Gasteiger partial charge in [0.2, 0.25) is 0 Å². The number of halogens is 2. The molecule has 3 aromatic rings. The summed E-state index contributed by atoms with van der Waals surface area (Å²) in [7, 11) is 0. The molecule has 0 saturated heterocycles. The minimum absolute atomic E-state index is 0.193. The highest BCUT2D eigenvalue weighted by atomic mass is 35.5. The predicted octanol–water partition coefficient (Wildman–Crippen LogP) is 5.36. The summed E-state index contributed by atoms with van der Waals surface area (Å²) in [6.45, 7) is 2.00. The SMILES string of the molecule is Cc1cccc(Cc2ccnc(Cc3ccccc3F)c2)c1Cl. The summed E-state index contributed by atoms with van der Waals surface area (Å²) in [5.74, 6) is -0.193. The number of hydrogen-bond donors (Lipinski definition) is 0. The number of aromatic nitrogens is 1. The van der Waals surface area contributed by atoms with E-state index in [0.29, 0.717) is 12.0 Å². The Morgan fingerprint density at radius 3 is 2.57 bits per heavy atom. The molecular weight excluding hydrogens is 309 g/mol. The number of pyridine rings is 1. The van der Waals surface area contributed by atoms with Crippen LogP contribution in [-0.4, -0.2) is 4.98 Å². The molecule has 1 nitrogen and oxygen atoms in total. The average Bonchev–Trinajstić information content (AvgIpc) is 2.55. The van der Waals surface area contributed by atoms with Gasteiger partial charge in [0.25, 0.3) is 0 Å². The van der Waals surface area contributed by atoms with Gasteiger partial charge < -0.3 is 0 Å². The van der Waals surface area contributed by atoms with E-state index in [2.05, 4.69) is 4.98 Å². The van der Waals surface area contributed by atoms with E-state index >= 15 is 0 Å². The molecule has 1 aromatic heterocycles. The van der Waals surface area contributed by atoms with E-state index in [4.69, 9.17) is 11.6 Å². The Kier molecular flexibility index (Phi) is 4.73. The largest absolute Gasteiger partial charge is 0.261 e. The zero-order valence-electron chi connectivity index (χ0n) is 12.9. The third-order valence-electron chi connectivity index (χ3n) is 3.88. The van der Waals surface area contributed by atoms with Crippen LogP contribution in [-0.2, 0) is 12.8 Å². The van der Waals surface area contributed by atoms with Crippen LogP contribution in [0.1, 0.15) is 27.9 Å². The van der Waals surface area contributed by atoms with Crippen LogP contribution < -0.4 is 0 Å². The molecule has 0 spiro atoms. The Labute approximate surface area is 140 Å². The molecule has 0 amide bonds. The molecular formula is C20H17ClFN. The van der Waals surface area contributed by atoms with E-state index in [9.17, 15) is 4.39 Å².